The standard InChI is InChI=1S/C17H29FN2O/c1-13(2)11-20(9-10-21-4)12-14(3)17(19)15-7-5-6-8-16(15)18/h5-8,13-14,17H,9-12,19H2,1-4H3. The van der Waals surface area contributed by atoms with Crippen LogP contribution in [-0.2, 0) is 4.74 Å². The number of rotatable bonds is 9. The van der Waals surface area contributed by atoms with Gasteiger partial charge in [0.25, 0.3) is 0 Å². The number of nitrogens with zero attached hydrogens (tertiary/aromatic N) is 1. The molecule has 0 heterocycles. The molecule has 120 valence electrons. The molecule has 0 aliphatic carbocycles. The van der Waals surface area contributed by atoms with Crippen molar-refractivity contribution in [1.29, 1.82) is 0 Å². The second kappa shape index (κ2) is 9.13. The fourth-order valence-electron chi connectivity index (χ4n) is 2.57. The number of nitrogens with two attached hydrogens (primary N) is 1. The minimum Gasteiger partial charge on any atom is -0.383 e. The van der Waals surface area contributed by atoms with E-state index < -0.39 is 0 Å². The molecule has 2 N–H and O–H groups in total. The second-order valence-corrected chi connectivity index (χ2v) is 6.17. The summed E-state index contributed by atoms with van der Waals surface area (Å²) < 4.78 is 19.0. The van der Waals surface area contributed by atoms with Gasteiger partial charge in [-0.2, -0.15) is 0 Å². The van der Waals surface area contributed by atoms with Crippen LogP contribution in [0.4, 0.5) is 4.39 Å². The van der Waals surface area contributed by atoms with Gasteiger partial charge in [-0.3, -0.25) is 0 Å². The molecule has 3 nitrogen and oxygen atoms in total. The van der Waals surface area contributed by atoms with Crippen LogP contribution >= 0.6 is 0 Å². The zero-order valence-corrected chi connectivity index (χ0v) is 13.7. The first-order valence-corrected chi connectivity index (χ1v) is 7.67. The zero-order chi connectivity index (χ0) is 15.8. The highest BCUT2D eigenvalue weighted by Crippen LogP contribution is 2.23. The predicted molar refractivity (Wildman–Crippen MR) is 85.6 cm³/mol. The Bertz CT molecular complexity index is 412. The molecule has 0 amide bonds. The molecule has 1 aromatic carbocycles. The van der Waals surface area contributed by atoms with Crippen molar-refractivity contribution in [3.8, 4) is 0 Å². The molecule has 2 unspecified atom stereocenters. The van der Waals surface area contributed by atoms with Crippen molar-refractivity contribution in [2.24, 2.45) is 17.6 Å². The van der Waals surface area contributed by atoms with Crippen LogP contribution in [-0.4, -0.2) is 38.3 Å². The van der Waals surface area contributed by atoms with Gasteiger partial charge in [0.05, 0.1) is 6.61 Å². The summed E-state index contributed by atoms with van der Waals surface area (Å²) in [6.07, 6.45) is 0. The minimum atomic E-state index is -0.289. The summed E-state index contributed by atoms with van der Waals surface area (Å²) >= 11 is 0. The van der Waals surface area contributed by atoms with Gasteiger partial charge in [-0.1, -0.05) is 39.0 Å². The van der Waals surface area contributed by atoms with Gasteiger partial charge in [0.2, 0.25) is 0 Å². The molecule has 0 radical (unpaired) electrons. The quantitative estimate of drug-likeness (QED) is 0.761. The molecule has 0 spiro atoms. The average molecular weight is 296 g/mol. The van der Waals surface area contributed by atoms with Gasteiger partial charge in [-0.25, -0.2) is 4.39 Å². The minimum absolute atomic E-state index is 0.178. The summed E-state index contributed by atoms with van der Waals surface area (Å²) in [6.45, 7) is 9.89. The summed E-state index contributed by atoms with van der Waals surface area (Å²) in [5, 5.41) is 0. The van der Waals surface area contributed by atoms with Crippen LogP contribution in [0.5, 0.6) is 0 Å². The molecule has 21 heavy (non-hydrogen) atoms. The third-order valence-corrected chi connectivity index (χ3v) is 3.66. The summed E-state index contributed by atoms with van der Waals surface area (Å²) in [5.74, 6) is 0.542. The highest BCUT2D eigenvalue weighted by atomic mass is 19.1. The van der Waals surface area contributed by atoms with Crippen molar-refractivity contribution in [2.45, 2.75) is 26.8 Å². The summed E-state index contributed by atoms with van der Waals surface area (Å²) in [6, 6.07) is 6.49. The maximum absolute atomic E-state index is 13.8. The van der Waals surface area contributed by atoms with Crippen molar-refractivity contribution < 1.29 is 9.13 Å². The average Bonchev–Trinajstić information content (AvgIpc) is 2.43. The predicted octanol–water partition coefficient (Wildman–Crippen LogP) is 3.07. The van der Waals surface area contributed by atoms with E-state index in [1.54, 1.807) is 19.2 Å². The van der Waals surface area contributed by atoms with Gasteiger partial charge in [0.15, 0.2) is 0 Å². The van der Waals surface area contributed by atoms with Gasteiger partial charge in [0, 0.05) is 38.3 Å². The molecule has 0 aliphatic heterocycles. The van der Waals surface area contributed by atoms with Crippen molar-refractivity contribution in [2.75, 3.05) is 33.4 Å². The lowest BCUT2D eigenvalue weighted by Crippen LogP contribution is -2.37. The van der Waals surface area contributed by atoms with E-state index in [2.05, 4.69) is 25.7 Å². The van der Waals surface area contributed by atoms with Crippen LogP contribution in [0.1, 0.15) is 32.4 Å². The van der Waals surface area contributed by atoms with Crippen molar-refractivity contribution in [3.05, 3.63) is 35.6 Å². The Hall–Kier alpha value is -0.970. The highest BCUT2D eigenvalue weighted by Gasteiger charge is 2.21. The summed E-state index contributed by atoms with van der Waals surface area (Å²) in [5.41, 5.74) is 6.85. The zero-order valence-electron chi connectivity index (χ0n) is 13.7. The van der Waals surface area contributed by atoms with E-state index in [1.165, 1.54) is 6.07 Å². The molecule has 4 heteroatoms. The molecule has 1 aromatic rings. The molecule has 0 aliphatic rings. The molecule has 0 aromatic heterocycles. The van der Waals surface area contributed by atoms with E-state index in [-0.39, 0.29) is 17.8 Å². The first-order chi connectivity index (χ1) is 9.95. The van der Waals surface area contributed by atoms with Crippen LogP contribution in [0.15, 0.2) is 24.3 Å². The lowest BCUT2D eigenvalue weighted by atomic mass is 9.94. The third kappa shape index (κ3) is 6.12. The maximum Gasteiger partial charge on any atom is 0.127 e. The number of ether oxygens (including phenoxy) is 1. The number of methoxy groups -OCH3 is 1. The van der Waals surface area contributed by atoms with Crippen LogP contribution in [0.3, 0.4) is 0 Å². The molecule has 2 atom stereocenters. The fourth-order valence-corrected chi connectivity index (χ4v) is 2.57. The number of hydrogen-bond donors (Lipinski definition) is 1. The Balaban J connectivity index is 2.67. The number of halogens is 1. The lowest BCUT2D eigenvalue weighted by Gasteiger charge is -2.30. The van der Waals surface area contributed by atoms with E-state index in [9.17, 15) is 4.39 Å². The highest BCUT2D eigenvalue weighted by molar-refractivity contribution is 5.21. The van der Waals surface area contributed by atoms with Gasteiger partial charge >= 0.3 is 0 Å². The molecule has 0 bridgehead atoms. The van der Waals surface area contributed by atoms with Crippen molar-refractivity contribution in [3.63, 3.8) is 0 Å². The normalized spacial score (nSPS) is 14.7. The van der Waals surface area contributed by atoms with Crippen molar-refractivity contribution >= 4 is 0 Å². The van der Waals surface area contributed by atoms with E-state index in [0.717, 1.165) is 19.6 Å². The van der Waals surface area contributed by atoms with Crippen molar-refractivity contribution in [1.82, 2.24) is 4.90 Å². The summed E-state index contributed by atoms with van der Waals surface area (Å²) in [4.78, 5) is 2.35. The van der Waals surface area contributed by atoms with Crippen LogP contribution < -0.4 is 5.73 Å². The third-order valence-electron chi connectivity index (χ3n) is 3.66. The molecular weight excluding hydrogens is 267 g/mol. The van der Waals surface area contributed by atoms with Crippen LogP contribution in [0.25, 0.3) is 0 Å². The van der Waals surface area contributed by atoms with E-state index in [1.807, 2.05) is 6.07 Å². The first kappa shape index (κ1) is 18.1. The molecule has 1 rings (SSSR count). The SMILES string of the molecule is COCCN(CC(C)C)CC(C)C(N)c1ccccc1F. The molecule has 0 saturated carbocycles. The Morgan fingerprint density at radius 2 is 1.86 bits per heavy atom. The van der Waals surface area contributed by atoms with E-state index in [0.29, 0.717) is 18.1 Å². The number of benzene rings is 1. The Labute approximate surface area is 128 Å². The van der Waals surface area contributed by atoms with Crippen LogP contribution in [0.2, 0.25) is 0 Å². The first-order valence-electron chi connectivity index (χ1n) is 7.67. The fraction of sp³-hybridized carbons (Fsp3) is 0.647. The monoisotopic (exact) mass is 296 g/mol. The second-order valence-electron chi connectivity index (χ2n) is 6.17. The topological polar surface area (TPSA) is 38.5 Å². The molecule has 0 fully saturated rings. The Morgan fingerprint density at radius 3 is 2.43 bits per heavy atom. The van der Waals surface area contributed by atoms with E-state index in [4.69, 9.17) is 10.5 Å². The largest absolute Gasteiger partial charge is 0.383 e. The van der Waals surface area contributed by atoms with Gasteiger partial charge in [0.1, 0.15) is 5.82 Å². The van der Waals surface area contributed by atoms with E-state index >= 15 is 0 Å². The van der Waals surface area contributed by atoms with Crippen LogP contribution in [0, 0.1) is 17.7 Å². The van der Waals surface area contributed by atoms with Gasteiger partial charge in [-0.05, 0) is 17.9 Å². The molecular formula is C17H29FN2O. The summed E-state index contributed by atoms with van der Waals surface area (Å²) in [7, 11) is 1.71. The van der Waals surface area contributed by atoms with Gasteiger partial charge in [-0.15, -0.1) is 0 Å². The number of hydrogen-bond acceptors (Lipinski definition) is 3. The maximum atomic E-state index is 13.8. The smallest absolute Gasteiger partial charge is 0.127 e. The van der Waals surface area contributed by atoms with Gasteiger partial charge < -0.3 is 15.4 Å². The Kier molecular flexibility index (Phi) is 7.86. The Morgan fingerprint density at radius 1 is 1.19 bits per heavy atom. The molecule has 0 saturated heterocycles. The lowest BCUT2D eigenvalue weighted by molar-refractivity contribution is 0.126.